The van der Waals surface area contributed by atoms with E-state index < -0.39 is 34.7 Å². The smallest absolute Gasteiger partial charge is 0.417 e. The average molecular weight is 325 g/mol. The van der Waals surface area contributed by atoms with Crippen LogP contribution in [0.5, 0.6) is 0 Å². The molecule has 116 valence electrons. The first-order valence-corrected chi connectivity index (χ1v) is 6.14. The van der Waals surface area contributed by atoms with Crippen LogP contribution in [-0.2, 0) is 15.8 Å². The van der Waals surface area contributed by atoms with Gasteiger partial charge in [0.2, 0.25) is 5.91 Å². The van der Waals surface area contributed by atoms with Gasteiger partial charge in [0.25, 0.3) is 0 Å². The third-order valence-corrected chi connectivity index (χ3v) is 2.87. The Morgan fingerprint density at radius 1 is 1.38 bits per heavy atom. The van der Waals surface area contributed by atoms with E-state index in [0.29, 0.717) is 6.07 Å². The second kappa shape index (κ2) is 6.77. The maximum Gasteiger partial charge on any atom is 0.417 e. The molecule has 0 aliphatic carbocycles. The molecule has 9 heteroatoms. The third-order valence-electron chi connectivity index (χ3n) is 2.55. The molecule has 21 heavy (non-hydrogen) atoms. The number of aliphatic carboxylic acids is 1. The molecule has 0 aliphatic heterocycles. The van der Waals surface area contributed by atoms with Gasteiger partial charge in [-0.3, -0.25) is 9.59 Å². The van der Waals surface area contributed by atoms with Gasteiger partial charge in [-0.2, -0.15) is 13.2 Å². The highest BCUT2D eigenvalue weighted by Crippen LogP contribution is 2.36. The van der Waals surface area contributed by atoms with Crippen molar-refractivity contribution in [2.75, 3.05) is 5.32 Å². The lowest BCUT2D eigenvalue weighted by molar-refractivity contribution is -0.138. The van der Waals surface area contributed by atoms with Gasteiger partial charge in [0.05, 0.1) is 16.6 Å². The zero-order chi connectivity index (χ0) is 16.2. The van der Waals surface area contributed by atoms with Crippen molar-refractivity contribution in [1.29, 1.82) is 0 Å². The van der Waals surface area contributed by atoms with Gasteiger partial charge in [-0.1, -0.05) is 11.6 Å². The van der Waals surface area contributed by atoms with Crippen LogP contribution in [0.4, 0.5) is 18.9 Å². The Bertz CT molecular complexity index is 549. The summed E-state index contributed by atoms with van der Waals surface area (Å²) in [5.74, 6) is -1.89. The van der Waals surface area contributed by atoms with E-state index in [2.05, 4.69) is 5.32 Å². The summed E-state index contributed by atoms with van der Waals surface area (Å²) in [6.45, 7) is 0. The number of carboxylic acid groups (broad SMARTS) is 1. The summed E-state index contributed by atoms with van der Waals surface area (Å²) in [5, 5.41) is 10.2. The molecule has 0 bridgehead atoms. The first-order valence-electron chi connectivity index (χ1n) is 5.76. The summed E-state index contributed by atoms with van der Waals surface area (Å²) in [4.78, 5) is 22.0. The molecule has 0 spiro atoms. The molecule has 0 radical (unpaired) electrons. The van der Waals surface area contributed by atoms with Crippen LogP contribution in [0.25, 0.3) is 0 Å². The highest BCUT2D eigenvalue weighted by atomic mass is 35.5. The van der Waals surface area contributed by atoms with Gasteiger partial charge in [0.15, 0.2) is 0 Å². The largest absolute Gasteiger partial charge is 0.481 e. The van der Waals surface area contributed by atoms with Crippen LogP contribution in [0, 0.1) is 0 Å². The fourth-order valence-corrected chi connectivity index (χ4v) is 1.69. The second-order valence-corrected chi connectivity index (χ2v) is 4.63. The molecule has 1 amide bonds. The minimum absolute atomic E-state index is 0.123. The Hall–Kier alpha value is -1.80. The first-order chi connectivity index (χ1) is 9.61. The molecule has 4 N–H and O–H groups in total. The molecular weight excluding hydrogens is 313 g/mol. The number of hydrogen-bond donors (Lipinski definition) is 3. The number of carbonyl (C=O) groups excluding carboxylic acids is 1. The zero-order valence-corrected chi connectivity index (χ0v) is 11.3. The fraction of sp³-hybridized carbons (Fsp3) is 0.333. The average Bonchev–Trinajstić information content (AvgIpc) is 2.36. The van der Waals surface area contributed by atoms with Crippen molar-refractivity contribution >= 4 is 29.2 Å². The maximum absolute atomic E-state index is 12.6. The Kier molecular flexibility index (Phi) is 5.56. The number of nitrogens with two attached hydrogens (primary N) is 1. The Morgan fingerprint density at radius 3 is 2.52 bits per heavy atom. The number of carboxylic acids is 1. The van der Waals surface area contributed by atoms with Crippen molar-refractivity contribution in [3.05, 3.63) is 28.8 Å². The van der Waals surface area contributed by atoms with E-state index >= 15 is 0 Å². The minimum atomic E-state index is -4.65. The van der Waals surface area contributed by atoms with E-state index in [1.807, 2.05) is 0 Å². The lowest BCUT2D eigenvalue weighted by Crippen LogP contribution is -2.36. The van der Waals surface area contributed by atoms with Crippen LogP contribution in [0.2, 0.25) is 5.02 Å². The first kappa shape index (κ1) is 17.3. The minimum Gasteiger partial charge on any atom is -0.481 e. The van der Waals surface area contributed by atoms with Crippen molar-refractivity contribution in [3.8, 4) is 0 Å². The van der Waals surface area contributed by atoms with Crippen LogP contribution in [-0.4, -0.2) is 23.0 Å². The SMILES string of the molecule is NC(CCC(=O)O)C(=O)Nc1ccc(Cl)c(C(F)(F)F)c1. The van der Waals surface area contributed by atoms with Gasteiger partial charge < -0.3 is 16.2 Å². The van der Waals surface area contributed by atoms with Crippen molar-refractivity contribution in [2.45, 2.75) is 25.1 Å². The summed E-state index contributed by atoms with van der Waals surface area (Å²) in [6, 6.07) is 1.75. The molecule has 1 aromatic carbocycles. The highest BCUT2D eigenvalue weighted by Gasteiger charge is 2.33. The molecule has 0 saturated carbocycles. The molecule has 0 saturated heterocycles. The molecule has 0 aromatic heterocycles. The normalized spacial score (nSPS) is 12.8. The quantitative estimate of drug-likeness (QED) is 0.776. The Balaban J connectivity index is 2.79. The lowest BCUT2D eigenvalue weighted by Gasteiger charge is -2.14. The van der Waals surface area contributed by atoms with Crippen LogP contribution < -0.4 is 11.1 Å². The Labute approximate surface area is 122 Å². The van der Waals surface area contributed by atoms with E-state index in [0.717, 1.165) is 6.07 Å². The summed E-state index contributed by atoms with van der Waals surface area (Å²) in [6.07, 6.45) is -5.09. The molecule has 1 unspecified atom stereocenters. The monoisotopic (exact) mass is 324 g/mol. The standard InChI is InChI=1S/C12H12ClF3N2O3/c13-8-2-1-6(5-7(8)12(14,15)16)18-11(21)9(17)3-4-10(19)20/h1-2,5,9H,3-4,17H2,(H,18,21)(H,19,20). The van der Waals surface area contributed by atoms with Crippen molar-refractivity contribution < 1.29 is 27.9 Å². The number of nitrogens with one attached hydrogen (secondary N) is 1. The van der Waals surface area contributed by atoms with E-state index in [1.54, 1.807) is 0 Å². The summed E-state index contributed by atoms with van der Waals surface area (Å²) >= 11 is 5.44. The predicted octanol–water partition coefficient (Wildman–Crippen LogP) is 2.49. The van der Waals surface area contributed by atoms with Gasteiger partial charge in [-0.25, -0.2) is 0 Å². The van der Waals surface area contributed by atoms with Crippen molar-refractivity contribution in [1.82, 2.24) is 0 Å². The third kappa shape index (κ3) is 5.24. The molecule has 5 nitrogen and oxygen atoms in total. The maximum atomic E-state index is 12.6. The Morgan fingerprint density at radius 2 is 2.00 bits per heavy atom. The zero-order valence-electron chi connectivity index (χ0n) is 10.6. The van der Waals surface area contributed by atoms with Crippen LogP contribution >= 0.6 is 11.6 Å². The number of hydrogen-bond acceptors (Lipinski definition) is 3. The molecule has 0 heterocycles. The molecular formula is C12H12ClF3N2O3. The van der Waals surface area contributed by atoms with E-state index in [4.69, 9.17) is 22.4 Å². The highest BCUT2D eigenvalue weighted by molar-refractivity contribution is 6.31. The van der Waals surface area contributed by atoms with E-state index in [1.165, 1.54) is 6.07 Å². The number of alkyl halides is 3. The molecule has 1 aromatic rings. The van der Waals surface area contributed by atoms with E-state index in [-0.39, 0.29) is 18.5 Å². The molecule has 1 atom stereocenters. The van der Waals surface area contributed by atoms with Crippen LogP contribution in [0.1, 0.15) is 18.4 Å². The number of rotatable bonds is 5. The van der Waals surface area contributed by atoms with Crippen molar-refractivity contribution in [3.63, 3.8) is 0 Å². The molecule has 1 rings (SSSR count). The van der Waals surface area contributed by atoms with Gasteiger partial charge in [0, 0.05) is 12.1 Å². The van der Waals surface area contributed by atoms with Gasteiger partial charge in [0.1, 0.15) is 0 Å². The van der Waals surface area contributed by atoms with Gasteiger partial charge in [-0.15, -0.1) is 0 Å². The van der Waals surface area contributed by atoms with Crippen molar-refractivity contribution in [2.24, 2.45) is 5.73 Å². The number of amides is 1. The number of carbonyl (C=O) groups is 2. The van der Waals surface area contributed by atoms with Crippen LogP contribution in [0.3, 0.4) is 0 Å². The van der Waals surface area contributed by atoms with Crippen LogP contribution in [0.15, 0.2) is 18.2 Å². The van der Waals surface area contributed by atoms with E-state index in [9.17, 15) is 22.8 Å². The number of benzene rings is 1. The summed E-state index contributed by atoms with van der Waals surface area (Å²) < 4.78 is 37.9. The predicted molar refractivity (Wildman–Crippen MR) is 69.9 cm³/mol. The number of halogens is 4. The fourth-order valence-electron chi connectivity index (χ4n) is 1.47. The summed E-state index contributed by atoms with van der Waals surface area (Å²) in [7, 11) is 0. The number of anilines is 1. The lowest BCUT2D eigenvalue weighted by atomic mass is 10.1. The summed E-state index contributed by atoms with van der Waals surface area (Å²) in [5.41, 5.74) is 4.24. The topological polar surface area (TPSA) is 92.4 Å². The molecule has 0 fully saturated rings. The van der Waals surface area contributed by atoms with Gasteiger partial charge in [-0.05, 0) is 24.6 Å². The second-order valence-electron chi connectivity index (χ2n) is 4.22. The molecule has 0 aliphatic rings. The van der Waals surface area contributed by atoms with Gasteiger partial charge >= 0.3 is 12.1 Å².